The van der Waals surface area contributed by atoms with E-state index in [2.05, 4.69) is 57.6 Å². The molecule has 0 spiro atoms. The fourth-order valence-electron chi connectivity index (χ4n) is 3.28. The molecule has 0 saturated heterocycles. The molecule has 0 aliphatic carbocycles. The Bertz CT molecular complexity index is 978. The number of carbonyl (C=O) groups is 1. The van der Waals surface area contributed by atoms with Gasteiger partial charge in [-0.15, -0.1) is 0 Å². The summed E-state index contributed by atoms with van der Waals surface area (Å²) in [6.45, 7) is 6.10. The van der Waals surface area contributed by atoms with Gasteiger partial charge < -0.3 is 20.3 Å². The molecule has 3 aromatic rings. The van der Waals surface area contributed by atoms with E-state index < -0.39 is 5.60 Å². The second-order valence-electron chi connectivity index (χ2n) is 8.91. The quantitative estimate of drug-likeness (QED) is 0.486. The van der Waals surface area contributed by atoms with E-state index in [9.17, 15) is 4.79 Å². The minimum atomic E-state index is -0.484. The number of amides is 1. The number of ether oxygens (including phenoxy) is 1. The summed E-state index contributed by atoms with van der Waals surface area (Å²) in [7, 11) is 0. The zero-order valence-electron chi connectivity index (χ0n) is 19.1. The van der Waals surface area contributed by atoms with Crippen LogP contribution in [0.25, 0.3) is 11.1 Å². The van der Waals surface area contributed by atoms with E-state index in [0.717, 1.165) is 24.8 Å². The molecular weight excluding hydrogens is 404 g/mol. The Balaban J connectivity index is 1.41. The number of hydrogen-bond donors (Lipinski definition) is 2. The number of carbonyl (C=O) groups excluding carboxylic acids is 1. The summed E-state index contributed by atoms with van der Waals surface area (Å²) < 4.78 is 10.6. The van der Waals surface area contributed by atoms with E-state index in [-0.39, 0.29) is 12.1 Å². The lowest BCUT2D eigenvalue weighted by atomic mass is 10.0. The molecule has 0 saturated carbocycles. The normalized spacial score (nSPS) is 12.4. The average Bonchev–Trinajstić information content (AvgIpc) is 3.22. The second kappa shape index (κ2) is 10.9. The molecule has 0 bridgehead atoms. The van der Waals surface area contributed by atoms with E-state index in [1.165, 1.54) is 11.1 Å². The van der Waals surface area contributed by atoms with Crippen molar-refractivity contribution in [3.63, 3.8) is 0 Å². The van der Waals surface area contributed by atoms with Crippen LogP contribution >= 0.6 is 0 Å². The molecule has 1 atom stereocenters. The Morgan fingerprint density at radius 1 is 1.06 bits per heavy atom. The van der Waals surface area contributed by atoms with E-state index >= 15 is 0 Å². The highest BCUT2D eigenvalue weighted by Gasteiger charge is 2.19. The number of aromatic nitrogens is 2. The second-order valence-corrected chi connectivity index (χ2v) is 8.91. The Morgan fingerprint density at radius 2 is 1.75 bits per heavy atom. The third-order valence-electron chi connectivity index (χ3n) is 4.90. The number of alkyl carbamates (subject to hydrolysis) is 1. The van der Waals surface area contributed by atoms with Crippen LogP contribution in [0, 0.1) is 0 Å². The van der Waals surface area contributed by atoms with E-state index in [1.807, 2.05) is 39.0 Å². The predicted molar refractivity (Wildman–Crippen MR) is 123 cm³/mol. The maximum absolute atomic E-state index is 11.6. The van der Waals surface area contributed by atoms with Crippen molar-refractivity contribution in [1.82, 2.24) is 15.5 Å². The Morgan fingerprint density at radius 3 is 2.44 bits per heavy atom. The Kier molecular flexibility index (Phi) is 8.00. The summed E-state index contributed by atoms with van der Waals surface area (Å²) in [6.07, 6.45) is 2.76. The van der Waals surface area contributed by atoms with E-state index in [0.29, 0.717) is 24.7 Å². The van der Waals surface area contributed by atoms with Crippen molar-refractivity contribution in [2.45, 2.75) is 58.1 Å². The lowest BCUT2D eigenvalue weighted by Crippen LogP contribution is -2.53. The molecule has 1 unspecified atom stereocenters. The highest BCUT2D eigenvalue weighted by Crippen LogP contribution is 2.20. The van der Waals surface area contributed by atoms with Crippen LogP contribution in [0.3, 0.4) is 0 Å². The summed E-state index contributed by atoms with van der Waals surface area (Å²) in [6, 6.07) is 18.6. The smallest absolute Gasteiger partial charge is 0.407 e. The molecule has 3 rings (SSSR count). The van der Waals surface area contributed by atoms with E-state index in [1.54, 1.807) is 0 Å². The molecule has 4 N–H and O–H groups in total. The van der Waals surface area contributed by atoms with Crippen LogP contribution in [0.1, 0.15) is 63.4 Å². The van der Waals surface area contributed by atoms with E-state index in [4.69, 9.17) is 9.26 Å². The zero-order chi connectivity index (χ0) is 23.0. The number of rotatable bonds is 9. The van der Waals surface area contributed by atoms with Crippen molar-refractivity contribution >= 4 is 6.09 Å². The summed E-state index contributed by atoms with van der Waals surface area (Å²) >= 11 is 0. The molecule has 0 aliphatic rings. The number of benzene rings is 2. The molecule has 0 aliphatic heterocycles. The van der Waals surface area contributed by atoms with Crippen molar-refractivity contribution in [2.24, 2.45) is 0 Å². The molecule has 0 radical (unpaired) electrons. The molecule has 1 heterocycles. The maximum Gasteiger partial charge on any atom is 0.407 e. The summed E-state index contributed by atoms with van der Waals surface area (Å²) in [5, 5.41) is 6.88. The van der Waals surface area contributed by atoms with Gasteiger partial charge in [-0.05, 0) is 50.3 Å². The van der Waals surface area contributed by atoms with Crippen LogP contribution in [0.4, 0.5) is 4.79 Å². The number of nitrogens with zero attached hydrogens (tertiary/aromatic N) is 2. The van der Waals surface area contributed by atoms with Gasteiger partial charge in [-0.1, -0.05) is 59.8 Å². The number of unbranched alkanes of at least 4 members (excludes halogenated alkanes) is 1. The van der Waals surface area contributed by atoms with Crippen LogP contribution in [0.5, 0.6) is 0 Å². The highest BCUT2D eigenvalue weighted by molar-refractivity contribution is 5.67. The topological polar surface area (TPSA) is 105 Å². The van der Waals surface area contributed by atoms with Gasteiger partial charge in [-0.3, -0.25) is 0 Å². The third kappa shape index (κ3) is 7.50. The molecule has 1 amide bonds. The first kappa shape index (κ1) is 23.5. The van der Waals surface area contributed by atoms with Crippen LogP contribution in [-0.4, -0.2) is 28.4 Å². The average molecular weight is 438 g/mol. The van der Waals surface area contributed by atoms with Gasteiger partial charge >= 0.3 is 6.09 Å². The van der Waals surface area contributed by atoms with Gasteiger partial charge in [0.1, 0.15) is 5.60 Å². The lowest BCUT2D eigenvalue weighted by molar-refractivity contribution is -0.433. The van der Waals surface area contributed by atoms with Gasteiger partial charge in [-0.25, -0.2) is 4.79 Å². The third-order valence-corrected chi connectivity index (χ3v) is 4.90. The van der Waals surface area contributed by atoms with Gasteiger partial charge in [0.25, 0.3) is 5.89 Å². The summed E-state index contributed by atoms with van der Waals surface area (Å²) in [4.78, 5) is 16.2. The monoisotopic (exact) mass is 437 g/mol. The maximum atomic E-state index is 11.6. The Labute approximate surface area is 189 Å². The zero-order valence-corrected chi connectivity index (χ0v) is 19.1. The minimum Gasteiger partial charge on any atom is -0.444 e. The molecular formula is C25H33N4O3+. The SMILES string of the molecule is CC(C)(C)OC(=O)NCCCCC([NH3+])c1nc(Cc2ccc(-c3ccccc3)cc2)no1. The fraction of sp³-hybridized carbons (Fsp3) is 0.400. The molecule has 7 nitrogen and oxygen atoms in total. The number of nitrogens with one attached hydrogen (secondary N) is 1. The van der Waals surface area contributed by atoms with Crippen LogP contribution in [-0.2, 0) is 11.2 Å². The van der Waals surface area contributed by atoms with Crippen molar-refractivity contribution in [2.75, 3.05) is 6.54 Å². The molecule has 0 fully saturated rings. The number of quaternary nitrogens is 1. The van der Waals surface area contributed by atoms with Gasteiger partial charge in [0.15, 0.2) is 11.9 Å². The first-order chi connectivity index (χ1) is 15.3. The molecule has 2 aromatic carbocycles. The van der Waals surface area contributed by atoms with Crippen LogP contribution in [0.15, 0.2) is 59.1 Å². The first-order valence-corrected chi connectivity index (χ1v) is 11.1. The molecule has 32 heavy (non-hydrogen) atoms. The summed E-state index contributed by atoms with van der Waals surface area (Å²) in [5.74, 6) is 1.22. The minimum absolute atomic E-state index is 0.0711. The largest absolute Gasteiger partial charge is 0.444 e. The van der Waals surface area contributed by atoms with Crippen molar-refractivity contribution in [1.29, 1.82) is 0 Å². The summed E-state index contributed by atoms with van der Waals surface area (Å²) in [5.41, 5.74) is 7.17. The van der Waals surface area contributed by atoms with Crippen LogP contribution in [0.2, 0.25) is 0 Å². The lowest BCUT2D eigenvalue weighted by Gasteiger charge is -2.19. The van der Waals surface area contributed by atoms with Crippen molar-refractivity contribution in [3.05, 3.63) is 71.9 Å². The molecule has 1 aromatic heterocycles. The molecule has 7 heteroatoms. The fourth-order valence-corrected chi connectivity index (χ4v) is 3.28. The van der Waals surface area contributed by atoms with Crippen molar-refractivity contribution in [3.8, 4) is 11.1 Å². The predicted octanol–water partition coefficient (Wildman–Crippen LogP) is 4.31. The highest BCUT2D eigenvalue weighted by atomic mass is 16.6. The standard InChI is InChI=1S/C25H32N4O3/c1-25(2,3)31-24(30)27-16-8-7-11-21(26)23-28-22(29-32-23)17-18-12-14-20(15-13-18)19-9-5-4-6-10-19/h4-6,9-10,12-15,21H,7-8,11,16-17,26H2,1-3H3,(H,27,30)/p+1. The van der Waals surface area contributed by atoms with Crippen LogP contribution < -0.4 is 11.1 Å². The Hall–Kier alpha value is -3.19. The number of hydrogen-bond acceptors (Lipinski definition) is 5. The molecule has 170 valence electrons. The first-order valence-electron chi connectivity index (χ1n) is 11.1. The van der Waals surface area contributed by atoms with Gasteiger partial charge in [0.2, 0.25) is 0 Å². The van der Waals surface area contributed by atoms with Gasteiger partial charge in [-0.2, -0.15) is 4.98 Å². The van der Waals surface area contributed by atoms with Gasteiger partial charge in [0, 0.05) is 19.4 Å². The van der Waals surface area contributed by atoms with Crippen molar-refractivity contribution < 1.29 is 19.8 Å². The van der Waals surface area contributed by atoms with Gasteiger partial charge in [0.05, 0.1) is 0 Å².